The lowest BCUT2D eigenvalue weighted by Gasteiger charge is -2.33. The molecule has 1 aromatic carbocycles. The number of piperidine rings is 1. The minimum atomic E-state index is -0.122. The van der Waals surface area contributed by atoms with Gasteiger partial charge in [0.05, 0.1) is 6.61 Å². The Hall–Kier alpha value is -2.34. The molecule has 6 nitrogen and oxygen atoms in total. The molecular formula is C25H38N4O2. The molecule has 1 fully saturated rings. The molecule has 1 aromatic heterocycles. The highest BCUT2D eigenvalue weighted by Gasteiger charge is 2.18. The highest BCUT2D eigenvalue weighted by atomic mass is 16.5. The summed E-state index contributed by atoms with van der Waals surface area (Å²) < 4.78 is 5.96. The van der Waals surface area contributed by atoms with E-state index < -0.39 is 0 Å². The van der Waals surface area contributed by atoms with Gasteiger partial charge in [0.25, 0.3) is 5.56 Å². The number of rotatable bonds is 11. The second kappa shape index (κ2) is 11.9. The average molecular weight is 427 g/mol. The number of H-pyrrole nitrogens is 1. The number of likely N-dealkylation sites (tertiary alicyclic amines) is 1. The van der Waals surface area contributed by atoms with E-state index in [1.165, 1.54) is 31.4 Å². The Morgan fingerprint density at radius 2 is 2.16 bits per heavy atom. The predicted octanol–water partition coefficient (Wildman–Crippen LogP) is 4.68. The van der Waals surface area contributed by atoms with Crippen LogP contribution in [0.3, 0.4) is 0 Å². The standard InChI is InChI=1S/C25H38N4O2/c1-4-5-13-23-20(3)27-25(28-24(23)30)26-14-9-16-31-22-12-8-11-21(17-22)18-29-15-7-6-10-19(29)2/h8,11-12,17,19H,4-7,9-10,13-16,18H2,1-3H3,(H2,26,27,28,30). The molecule has 6 heteroatoms. The fourth-order valence-corrected chi connectivity index (χ4v) is 4.17. The Balaban J connectivity index is 1.42. The quantitative estimate of drug-likeness (QED) is 0.511. The van der Waals surface area contributed by atoms with Crippen molar-refractivity contribution in [2.75, 3.05) is 25.0 Å². The molecule has 0 spiro atoms. The van der Waals surface area contributed by atoms with Gasteiger partial charge in [0, 0.05) is 30.4 Å². The molecule has 1 atom stereocenters. The Kier molecular flexibility index (Phi) is 8.95. The van der Waals surface area contributed by atoms with E-state index in [1.54, 1.807) is 0 Å². The van der Waals surface area contributed by atoms with Gasteiger partial charge in [-0.2, -0.15) is 4.98 Å². The van der Waals surface area contributed by atoms with Gasteiger partial charge in [-0.1, -0.05) is 31.9 Å². The lowest BCUT2D eigenvalue weighted by atomic mass is 10.0. The third kappa shape index (κ3) is 7.10. The van der Waals surface area contributed by atoms with Crippen molar-refractivity contribution in [2.45, 2.75) is 78.3 Å². The van der Waals surface area contributed by atoms with Crippen molar-refractivity contribution in [1.82, 2.24) is 14.9 Å². The van der Waals surface area contributed by atoms with Gasteiger partial charge in [0.1, 0.15) is 5.75 Å². The lowest BCUT2D eigenvalue weighted by molar-refractivity contribution is 0.152. The molecule has 3 rings (SSSR count). The fourth-order valence-electron chi connectivity index (χ4n) is 4.17. The summed E-state index contributed by atoms with van der Waals surface area (Å²) in [4.78, 5) is 22.2. The number of nitrogens with one attached hydrogen (secondary N) is 2. The molecule has 0 saturated carbocycles. The molecule has 2 aromatic rings. The first kappa shape index (κ1) is 23.3. The summed E-state index contributed by atoms with van der Waals surface area (Å²) in [5.74, 6) is 1.46. The fraction of sp³-hybridized carbons (Fsp3) is 0.600. The monoisotopic (exact) mass is 426 g/mol. The molecular weight excluding hydrogens is 388 g/mol. The molecule has 1 aliphatic heterocycles. The topological polar surface area (TPSA) is 70.2 Å². The summed E-state index contributed by atoms with van der Waals surface area (Å²) >= 11 is 0. The smallest absolute Gasteiger partial charge is 0.277 e. The van der Waals surface area contributed by atoms with Gasteiger partial charge in [0.2, 0.25) is 5.95 Å². The van der Waals surface area contributed by atoms with Crippen LogP contribution in [0, 0.1) is 6.92 Å². The van der Waals surface area contributed by atoms with Crippen LogP contribution in [0.5, 0.6) is 5.75 Å². The van der Waals surface area contributed by atoms with Crippen molar-refractivity contribution < 1.29 is 4.74 Å². The van der Waals surface area contributed by atoms with Crippen LogP contribution in [0.1, 0.15) is 69.2 Å². The van der Waals surface area contributed by atoms with Crippen LogP contribution in [0.25, 0.3) is 0 Å². The molecule has 0 radical (unpaired) electrons. The second-order valence-corrected chi connectivity index (χ2v) is 8.69. The number of ether oxygens (including phenoxy) is 1. The first-order chi connectivity index (χ1) is 15.1. The minimum absolute atomic E-state index is 0.122. The zero-order valence-electron chi connectivity index (χ0n) is 19.4. The maximum atomic E-state index is 12.2. The van der Waals surface area contributed by atoms with E-state index in [-0.39, 0.29) is 5.56 Å². The van der Waals surface area contributed by atoms with Gasteiger partial charge in [-0.3, -0.25) is 9.69 Å². The Bertz CT molecular complexity index is 880. The molecule has 2 heterocycles. The molecule has 170 valence electrons. The maximum Gasteiger partial charge on any atom is 0.277 e. The van der Waals surface area contributed by atoms with Gasteiger partial charge in [-0.05, 0) is 70.2 Å². The molecule has 2 N–H and O–H groups in total. The Morgan fingerprint density at radius 1 is 1.29 bits per heavy atom. The van der Waals surface area contributed by atoms with E-state index in [1.807, 2.05) is 13.0 Å². The zero-order chi connectivity index (χ0) is 22.1. The molecule has 1 aliphatic rings. The van der Waals surface area contributed by atoms with Crippen LogP contribution in [0.4, 0.5) is 5.95 Å². The van der Waals surface area contributed by atoms with E-state index in [2.05, 4.69) is 52.2 Å². The summed E-state index contributed by atoms with van der Waals surface area (Å²) in [6.07, 6.45) is 7.63. The summed E-state index contributed by atoms with van der Waals surface area (Å²) in [5, 5.41) is 3.21. The number of hydrogen-bond acceptors (Lipinski definition) is 5. The van der Waals surface area contributed by atoms with E-state index in [9.17, 15) is 4.79 Å². The van der Waals surface area contributed by atoms with Crippen LogP contribution in [-0.4, -0.2) is 40.6 Å². The lowest BCUT2D eigenvalue weighted by Crippen LogP contribution is -2.36. The normalized spacial score (nSPS) is 16.9. The SMILES string of the molecule is CCCCc1c(C)[nH]c(NCCCOc2cccc(CN3CCCCC3C)c2)nc1=O. The largest absolute Gasteiger partial charge is 0.494 e. The summed E-state index contributed by atoms with van der Waals surface area (Å²) in [6.45, 7) is 9.89. The van der Waals surface area contributed by atoms with Crippen LogP contribution in [-0.2, 0) is 13.0 Å². The number of aryl methyl sites for hydroxylation is 1. The average Bonchev–Trinajstić information content (AvgIpc) is 2.75. The van der Waals surface area contributed by atoms with Crippen molar-refractivity contribution in [3.05, 3.63) is 51.4 Å². The second-order valence-electron chi connectivity index (χ2n) is 8.69. The van der Waals surface area contributed by atoms with E-state index in [4.69, 9.17) is 4.74 Å². The van der Waals surface area contributed by atoms with Crippen molar-refractivity contribution in [3.8, 4) is 5.75 Å². The molecule has 0 bridgehead atoms. The number of anilines is 1. The highest BCUT2D eigenvalue weighted by Crippen LogP contribution is 2.21. The summed E-state index contributed by atoms with van der Waals surface area (Å²) in [5.41, 5.74) is 2.90. The number of aromatic amines is 1. The summed E-state index contributed by atoms with van der Waals surface area (Å²) in [7, 11) is 0. The number of aromatic nitrogens is 2. The van der Waals surface area contributed by atoms with E-state index in [0.717, 1.165) is 49.2 Å². The molecule has 31 heavy (non-hydrogen) atoms. The van der Waals surface area contributed by atoms with Gasteiger partial charge in [-0.25, -0.2) is 0 Å². The van der Waals surface area contributed by atoms with Gasteiger partial charge >= 0.3 is 0 Å². The Labute approximate surface area is 186 Å². The van der Waals surface area contributed by atoms with Crippen LogP contribution in [0.15, 0.2) is 29.1 Å². The van der Waals surface area contributed by atoms with E-state index >= 15 is 0 Å². The van der Waals surface area contributed by atoms with Gasteiger partial charge in [-0.15, -0.1) is 0 Å². The first-order valence-corrected chi connectivity index (χ1v) is 11.9. The minimum Gasteiger partial charge on any atom is -0.494 e. The highest BCUT2D eigenvalue weighted by molar-refractivity contribution is 5.30. The van der Waals surface area contributed by atoms with Crippen LogP contribution in [0.2, 0.25) is 0 Å². The van der Waals surface area contributed by atoms with Crippen molar-refractivity contribution >= 4 is 5.95 Å². The van der Waals surface area contributed by atoms with Crippen molar-refractivity contribution in [3.63, 3.8) is 0 Å². The first-order valence-electron chi connectivity index (χ1n) is 11.9. The van der Waals surface area contributed by atoms with E-state index in [0.29, 0.717) is 25.1 Å². The third-order valence-electron chi connectivity index (χ3n) is 6.12. The van der Waals surface area contributed by atoms with Crippen LogP contribution >= 0.6 is 0 Å². The number of unbranched alkanes of at least 4 members (excludes halogenated alkanes) is 1. The zero-order valence-corrected chi connectivity index (χ0v) is 19.4. The van der Waals surface area contributed by atoms with Crippen molar-refractivity contribution in [2.24, 2.45) is 0 Å². The number of hydrogen-bond donors (Lipinski definition) is 2. The van der Waals surface area contributed by atoms with Gasteiger partial charge in [0.15, 0.2) is 0 Å². The number of benzene rings is 1. The van der Waals surface area contributed by atoms with Crippen LogP contribution < -0.4 is 15.6 Å². The Morgan fingerprint density at radius 3 is 2.94 bits per heavy atom. The van der Waals surface area contributed by atoms with Gasteiger partial charge < -0.3 is 15.0 Å². The number of nitrogens with zero attached hydrogens (tertiary/aromatic N) is 2. The third-order valence-corrected chi connectivity index (χ3v) is 6.12. The van der Waals surface area contributed by atoms with Crippen molar-refractivity contribution in [1.29, 1.82) is 0 Å². The molecule has 1 saturated heterocycles. The molecule has 0 aliphatic carbocycles. The molecule has 1 unspecified atom stereocenters. The predicted molar refractivity (Wildman–Crippen MR) is 127 cm³/mol. The maximum absolute atomic E-state index is 12.2. The summed E-state index contributed by atoms with van der Waals surface area (Å²) in [6, 6.07) is 9.10. The molecule has 0 amide bonds.